The molecule has 6 nitrogen and oxygen atoms in total. The molecule has 1 unspecified atom stereocenters. The van der Waals surface area contributed by atoms with Gasteiger partial charge in [-0.15, -0.1) is 4.98 Å². The summed E-state index contributed by atoms with van der Waals surface area (Å²) in [5.41, 5.74) is 0. The monoisotopic (exact) mass is 240 g/mol. The predicted molar refractivity (Wildman–Crippen MR) is 65.5 cm³/mol. The lowest BCUT2D eigenvalue weighted by Crippen LogP contribution is -2.14. The first-order chi connectivity index (χ1) is 8.19. The minimum atomic E-state index is 0.0707. The standard InChI is InChI=1S/C11H20N4O2/c1-5-8(4)17-11-14-9(12-6-2)13-10(15-11)16-7-3/h8H,5-7H2,1-4H3,(H,12,13,14,15). The van der Waals surface area contributed by atoms with E-state index >= 15 is 0 Å². The first kappa shape index (κ1) is 13.5. The van der Waals surface area contributed by atoms with Crippen molar-refractivity contribution in [3.8, 4) is 12.0 Å². The number of ether oxygens (including phenoxy) is 2. The molecule has 96 valence electrons. The van der Waals surface area contributed by atoms with Crippen LogP contribution in [-0.4, -0.2) is 34.2 Å². The van der Waals surface area contributed by atoms with Gasteiger partial charge in [0.1, 0.15) is 0 Å². The second-order valence-electron chi connectivity index (χ2n) is 3.52. The summed E-state index contributed by atoms with van der Waals surface area (Å²) in [5.74, 6) is 0.476. The first-order valence-corrected chi connectivity index (χ1v) is 5.98. The Hall–Kier alpha value is -1.59. The largest absolute Gasteiger partial charge is 0.464 e. The van der Waals surface area contributed by atoms with Crippen molar-refractivity contribution in [2.24, 2.45) is 0 Å². The Morgan fingerprint density at radius 2 is 1.82 bits per heavy atom. The Morgan fingerprint density at radius 1 is 1.12 bits per heavy atom. The molecule has 1 atom stereocenters. The lowest BCUT2D eigenvalue weighted by atomic mass is 10.3. The van der Waals surface area contributed by atoms with Gasteiger partial charge in [-0.05, 0) is 27.2 Å². The van der Waals surface area contributed by atoms with Crippen molar-refractivity contribution in [1.29, 1.82) is 0 Å². The lowest BCUT2D eigenvalue weighted by Gasteiger charge is -2.12. The van der Waals surface area contributed by atoms with Gasteiger partial charge < -0.3 is 14.8 Å². The molecule has 0 bridgehead atoms. The molecule has 0 saturated carbocycles. The third kappa shape index (κ3) is 4.42. The van der Waals surface area contributed by atoms with Gasteiger partial charge >= 0.3 is 12.0 Å². The Kier molecular flexibility index (Phi) is 5.45. The van der Waals surface area contributed by atoms with Gasteiger partial charge in [0, 0.05) is 6.54 Å². The maximum Gasteiger partial charge on any atom is 0.324 e. The van der Waals surface area contributed by atoms with Gasteiger partial charge in [0.2, 0.25) is 5.95 Å². The molecule has 0 aliphatic heterocycles. The van der Waals surface area contributed by atoms with Gasteiger partial charge in [0.15, 0.2) is 0 Å². The molecule has 0 aliphatic carbocycles. The summed E-state index contributed by atoms with van der Waals surface area (Å²) in [6.45, 7) is 9.11. The van der Waals surface area contributed by atoms with Gasteiger partial charge in [0.05, 0.1) is 12.7 Å². The van der Waals surface area contributed by atoms with Crippen LogP contribution in [0.1, 0.15) is 34.1 Å². The molecule has 0 aliphatic rings. The topological polar surface area (TPSA) is 69.2 Å². The van der Waals surface area contributed by atoms with Crippen molar-refractivity contribution >= 4 is 5.95 Å². The van der Waals surface area contributed by atoms with E-state index in [2.05, 4.69) is 20.3 Å². The number of nitrogens with one attached hydrogen (secondary N) is 1. The summed E-state index contributed by atoms with van der Waals surface area (Å²) in [6, 6.07) is 0.588. The van der Waals surface area contributed by atoms with E-state index < -0.39 is 0 Å². The Morgan fingerprint density at radius 3 is 2.41 bits per heavy atom. The summed E-state index contributed by atoms with van der Waals surface area (Å²) in [5, 5.41) is 3.02. The Bertz CT molecular complexity index is 322. The molecule has 1 N–H and O–H groups in total. The molecule has 6 heteroatoms. The molecule has 1 rings (SSSR count). The molecule has 17 heavy (non-hydrogen) atoms. The van der Waals surface area contributed by atoms with Crippen LogP contribution in [-0.2, 0) is 0 Å². The van der Waals surface area contributed by atoms with Crippen LogP contribution in [0.3, 0.4) is 0 Å². The van der Waals surface area contributed by atoms with Crippen LogP contribution in [0.2, 0.25) is 0 Å². The molecule has 0 spiro atoms. The third-order valence-corrected chi connectivity index (χ3v) is 2.08. The number of aromatic nitrogens is 3. The van der Waals surface area contributed by atoms with E-state index in [0.717, 1.165) is 13.0 Å². The van der Waals surface area contributed by atoms with E-state index in [-0.39, 0.29) is 12.1 Å². The van der Waals surface area contributed by atoms with Crippen LogP contribution >= 0.6 is 0 Å². The average molecular weight is 240 g/mol. The zero-order valence-electron chi connectivity index (χ0n) is 10.9. The molecule has 0 aromatic carbocycles. The highest BCUT2D eigenvalue weighted by Gasteiger charge is 2.10. The maximum atomic E-state index is 5.56. The molecule has 1 aromatic heterocycles. The zero-order chi connectivity index (χ0) is 12.7. The minimum absolute atomic E-state index is 0.0707. The third-order valence-electron chi connectivity index (χ3n) is 2.08. The molecular weight excluding hydrogens is 220 g/mol. The van der Waals surface area contributed by atoms with E-state index in [0.29, 0.717) is 18.6 Å². The number of nitrogens with zero attached hydrogens (tertiary/aromatic N) is 3. The molecule has 1 heterocycles. The quantitative estimate of drug-likeness (QED) is 0.784. The van der Waals surface area contributed by atoms with Crippen LogP contribution in [0.5, 0.6) is 12.0 Å². The zero-order valence-corrected chi connectivity index (χ0v) is 10.9. The minimum Gasteiger partial charge on any atom is -0.464 e. The van der Waals surface area contributed by atoms with Crippen molar-refractivity contribution in [3.63, 3.8) is 0 Å². The average Bonchev–Trinajstić information content (AvgIpc) is 2.29. The van der Waals surface area contributed by atoms with E-state index in [1.54, 1.807) is 0 Å². The smallest absolute Gasteiger partial charge is 0.324 e. The molecule has 1 aromatic rings. The van der Waals surface area contributed by atoms with Gasteiger partial charge in [-0.2, -0.15) is 9.97 Å². The van der Waals surface area contributed by atoms with Crippen molar-refractivity contribution < 1.29 is 9.47 Å². The highest BCUT2D eigenvalue weighted by atomic mass is 16.5. The molecule has 0 radical (unpaired) electrons. The van der Waals surface area contributed by atoms with E-state index in [4.69, 9.17) is 9.47 Å². The molecular formula is C11H20N4O2. The van der Waals surface area contributed by atoms with Crippen molar-refractivity contribution in [2.75, 3.05) is 18.5 Å². The number of rotatable bonds is 7. The Labute approximate surface area is 102 Å². The van der Waals surface area contributed by atoms with E-state index in [1.807, 2.05) is 27.7 Å². The van der Waals surface area contributed by atoms with Gasteiger partial charge in [-0.3, -0.25) is 0 Å². The van der Waals surface area contributed by atoms with Crippen LogP contribution in [0.15, 0.2) is 0 Å². The fourth-order valence-corrected chi connectivity index (χ4v) is 1.08. The van der Waals surface area contributed by atoms with E-state index in [1.165, 1.54) is 0 Å². The summed E-state index contributed by atoms with van der Waals surface area (Å²) in [7, 11) is 0. The van der Waals surface area contributed by atoms with Crippen molar-refractivity contribution in [3.05, 3.63) is 0 Å². The molecule has 0 fully saturated rings. The predicted octanol–water partition coefficient (Wildman–Crippen LogP) is 1.88. The van der Waals surface area contributed by atoms with Gasteiger partial charge in [0.25, 0.3) is 0 Å². The number of hydrogen-bond acceptors (Lipinski definition) is 6. The number of hydrogen-bond donors (Lipinski definition) is 1. The van der Waals surface area contributed by atoms with Crippen LogP contribution in [0.25, 0.3) is 0 Å². The lowest BCUT2D eigenvalue weighted by molar-refractivity contribution is 0.194. The maximum absolute atomic E-state index is 5.56. The SMILES string of the molecule is CCNc1nc(OCC)nc(OC(C)CC)n1. The van der Waals surface area contributed by atoms with Gasteiger partial charge in [-0.1, -0.05) is 6.92 Å². The van der Waals surface area contributed by atoms with Crippen molar-refractivity contribution in [2.45, 2.75) is 40.2 Å². The van der Waals surface area contributed by atoms with Gasteiger partial charge in [-0.25, -0.2) is 0 Å². The van der Waals surface area contributed by atoms with Crippen LogP contribution in [0, 0.1) is 0 Å². The fourth-order valence-electron chi connectivity index (χ4n) is 1.08. The normalized spacial score (nSPS) is 12.0. The summed E-state index contributed by atoms with van der Waals surface area (Å²) in [4.78, 5) is 12.4. The summed E-state index contributed by atoms with van der Waals surface area (Å²) < 4.78 is 10.8. The molecule has 0 amide bonds. The molecule has 0 saturated heterocycles. The number of anilines is 1. The highest BCUT2D eigenvalue weighted by Crippen LogP contribution is 2.14. The summed E-state index contributed by atoms with van der Waals surface area (Å²) >= 11 is 0. The Balaban J connectivity index is 2.86. The summed E-state index contributed by atoms with van der Waals surface area (Å²) in [6.07, 6.45) is 0.966. The van der Waals surface area contributed by atoms with Crippen LogP contribution < -0.4 is 14.8 Å². The highest BCUT2D eigenvalue weighted by molar-refractivity contribution is 5.27. The fraction of sp³-hybridized carbons (Fsp3) is 0.727. The van der Waals surface area contributed by atoms with E-state index in [9.17, 15) is 0 Å². The van der Waals surface area contributed by atoms with Crippen molar-refractivity contribution in [1.82, 2.24) is 15.0 Å². The first-order valence-electron chi connectivity index (χ1n) is 5.98. The second kappa shape index (κ2) is 6.88. The van der Waals surface area contributed by atoms with Crippen LogP contribution in [0.4, 0.5) is 5.95 Å². The second-order valence-corrected chi connectivity index (χ2v) is 3.52.